The number of benzene rings is 4. The summed E-state index contributed by atoms with van der Waals surface area (Å²) in [6.45, 7) is 8.72. The van der Waals surface area contributed by atoms with Crippen molar-refractivity contribution in [3.8, 4) is 33.4 Å². The van der Waals surface area contributed by atoms with Gasteiger partial charge < -0.3 is 0 Å². The Bertz CT molecular complexity index is 1130. The number of rotatable bonds is 3. The van der Waals surface area contributed by atoms with Crippen molar-refractivity contribution >= 4 is 0 Å². The van der Waals surface area contributed by atoms with E-state index in [-0.39, 0.29) is 0 Å². The zero-order valence-electron chi connectivity index (χ0n) is 17.1. The Labute approximate surface area is 168 Å². The van der Waals surface area contributed by atoms with E-state index in [2.05, 4.69) is 113 Å². The minimum atomic E-state index is 1.25. The summed E-state index contributed by atoms with van der Waals surface area (Å²) in [5.41, 5.74) is 12.9. The van der Waals surface area contributed by atoms with Gasteiger partial charge in [0.2, 0.25) is 0 Å². The molecule has 0 aliphatic rings. The van der Waals surface area contributed by atoms with Crippen LogP contribution in [0.15, 0.2) is 84.9 Å². The van der Waals surface area contributed by atoms with Crippen LogP contribution in [0.1, 0.15) is 22.3 Å². The van der Waals surface area contributed by atoms with Gasteiger partial charge in [0.15, 0.2) is 0 Å². The average molecular weight is 363 g/mol. The van der Waals surface area contributed by atoms with Gasteiger partial charge in [-0.25, -0.2) is 0 Å². The second kappa shape index (κ2) is 7.48. The third kappa shape index (κ3) is 3.64. The fraction of sp³-hybridized carbons (Fsp3) is 0.143. The first-order chi connectivity index (χ1) is 13.5. The highest BCUT2D eigenvalue weighted by Gasteiger charge is 2.09. The summed E-state index contributed by atoms with van der Waals surface area (Å²) in [6.07, 6.45) is 0. The van der Waals surface area contributed by atoms with Gasteiger partial charge in [0.25, 0.3) is 0 Å². The largest absolute Gasteiger partial charge is 0.0614 e. The van der Waals surface area contributed by atoms with Gasteiger partial charge in [0.1, 0.15) is 0 Å². The molecule has 0 heteroatoms. The predicted molar refractivity (Wildman–Crippen MR) is 122 cm³/mol. The number of aryl methyl sites for hydroxylation is 4. The first kappa shape index (κ1) is 18.3. The number of hydrogen-bond acceptors (Lipinski definition) is 0. The Morgan fingerprint density at radius 2 is 0.821 bits per heavy atom. The SMILES string of the molecule is Cc1cccc(-c2cccc(-c3cccc(-c4c(C)cc(C)cc4C)c3)c2)c1. The van der Waals surface area contributed by atoms with E-state index >= 15 is 0 Å². The van der Waals surface area contributed by atoms with Crippen LogP contribution in [-0.4, -0.2) is 0 Å². The Hall–Kier alpha value is -3.12. The van der Waals surface area contributed by atoms with Crippen LogP contribution in [0.2, 0.25) is 0 Å². The van der Waals surface area contributed by atoms with E-state index in [1.165, 1.54) is 55.6 Å². The van der Waals surface area contributed by atoms with E-state index in [4.69, 9.17) is 0 Å². The molecule has 0 spiro atoms. The molecule has 28 heavy (non-hydrogen) atoms. The van der Waals surface area contributed by atoms with Crippen molar-refractivity contribution in [1.82, 2.24) is 0 Å². The smallest absolute Gasteiger partial charge is 0.0125 e. The lowest BCUT2D eigenvalue weighted by Gasteiger charge is -2.13. The molecule has 4 aromatic carbocycles. The molecule has 4 aromatic rings. The lowest BCUT2D eigenvalue weighted by Crippen LogP contribution is -1.91. The van der Waals surface area contributed by atoms with Gasteiger partial charge in [-0.3, -0.25) is 0 Å². The Balaban J connectivity index is 1.78. The minimum Gasteiger partial charge on any atom is -0.0614 e. The maximum atomic E-state index is 2.32. The quantitative estimate of drug-likeness (QED) is 0.347. The van der Waals surface area contributed by atoms with Crippen molar-refractivity contribution < 1.29 is 0 Å². The van der Waals surface area contributed by atoms with Crippen LogP contribution in [0.25, 0.3) is 33.4 Å². The maximum absolute atomic E-state index is 2.32. The second-order valence-corrected chi connectivity index (χ2v) is 7.80. The highest BCUT2D eigenvalue weighted by Crippen LogP contribution is 2.33. The van der Waals surface area contributed by atoms with Gasteiger partial charge >= 0.3 is 0 Å². The van der Waals surface area contributed by atoms with Gasteiger partial charge in [-0.15, -0.1) is 0 Å². The molecule has 0 saturated carbocycles. The molecule has 0 radical (unpaired) electrons. The molecule has 0 amide bonds. The van der Waals surface area contributed by atoms with Gasteiger partial charge in [0.05, 0.1) is 0 Å². The molecule has 0 atom stereocenters. The van der Waals surface area contributed by atoms with Crippen molar-refractivity contribution in [2.75, 3.05) is 0 Å². The first-order valence-electron chi connectivity index (χ1n) is 9.87. The maximum Gasteiger partial charge on any atom is -0.0125 e. The molecule has 0 aliphatic heterocycles. The molecule has 0 N–H and O–H groups in total. The molecule has 0 bridgehead atoms. The zero-order valence-corrected chi connectivity index (χ0v) is 17.1. The van der Waals surface area contributed by atoms with Crippen molar-refractivity contribution in [1.29, 1.82) is 0 Å². The van der Waals surface area contributed by atoms with Crippen LogP contribution >= 0.6 is 0 Å². The summed E-state index contributed by atoms with van der Waals surface area (Å²) in [6, 6.07) is 31.0. The van der Waals surface area contributed by atoms with E-state index in [1.54, 1.807) is 0 Å². The Morgan fingerprint density at radius 1 is 0.393 bits per heavy atom. The topological polar surface area (TPSA) is 0 Å². The van der Waals surface area contributed by atoms with Gasteiger partial charge in [-0.05, 0) is 84.3 Å². The Kier molecular flexibility index (Phi) is 4.88. The molecule has 138 valence electrons. The van der Waals surface area contributed by atoms with E-state index in [9.17, 15) is 0 Å². The van der Waals surface area contributed by atoms with E-state index in [1.807, 2.05) is 0 Å². The van der Waals surface area contributed by atoms with Gasteiger partial charge in [0, 0.05) is 0 Å². The molecule has 0 saturated heterocycles. The predicted octanol–water partition coefficient (Wildman–Crippen LogP) is 7.92. The van der Waals surface area contributed by atoms with Gasteiger partial charge in [-0.2, -0.15) is 0 Å². The van der Waals surface area contributed by atoms with Gasteiger partial charge in [-0.1, -0.05) is 83.9 Å². The van der Waals surface area contributed by atoms with E-state index in [0.29, 0.717) is 0 Å². The number of hydrogen-bond donors (Lipinski definition) is 0. The Morgan fingerprint density at radius 3 is 1.36 bits per heavy atom. The third-order valence-corrected chi connectivity index (χ3v) is 5.38. The molecule has 0 fully saturated rings. The van der Waals surface area contributed by atoms with E-state index < -0.39 is 0 Å². The summed E-state index contributed by atoms with van der Waals surface area (Å²) < 4.78 is 0. The third-order valence-electron chi connectivity index (χ3n) is 5.38. The lowest BCUT2D eigenvalue weighted by molar-refractivity contribution is 1.32. The summed E-state index contributed by atoms with van der Waals surface area (Å²) in [5.74, 6) is 0. The standard InChI is InChI=1S/C28H26/c1-19-8-5-9-23(16-19)24-10-6-11-25(17-24)26-12-7-13-27(18-26)28-21(3)14-20(2)15-22(28)4/h5-18H,1-4H3. The second-order valence-electron chi connectivity index (χ2n) is 7.80. The fourth-order valence-electron chi connectivity index (χ4n) is 4.19. The normalized spacial score (nSPS) is 10.9. The molecule has 4 rings (SSSR count). The van der Waals surface area contributed by atoms with Crippen LogP contribution < -0.4 is 0 Å². The molecule has 0 unspecified atom stereocenters. The van der Waals surface area contributed by atoms with Crippen LogP contribution in [0.3, 0.4) is 0 Å². The molecule has 0 heterocycles. The van der Waals surface area contributed by atoms with Crippen LogP contribution in [0, 0.1) is 27.7 Å². The molecular weight excluding hydrogens is 336 g/mol. The van der Waals surface area contributed by atoms with Crippen LogP contribution in [0.4, 0.5) is 0 Å². The zero-order chi connectivity index (χ0) is 19.7. The average Bonchev–Trinajstić information content (AvgIpc) is 2.68. The van der Waals surface area contributed by atoms with Crippen LogP contribution in [-0.2, 0) is 0 Å². The minimum absolute atomic E-state index is 1.25. The molecular formula is C28H26. The monoisotopic (exact) mass is 362 g/mol. The summed E-state index contributed by atoms with van der Waals surface area (Å²) in [5, 5.41) is 0. The summed E-state index contributed by atoms with van der Waals surface area (Å²) in [4.78, 5) is 0. The highest BCUT2D eigenvalue weighted by molar-refractivity contribution is 5.79. The summed E-state index contributed by atoms with van der Waals surface area (Å²) in [7, 11) is 0. The highest BCUT2D eigenvalue weighted by atomic mass is 14.1. The molecule has 0 aliphatic carbocycles. The van der Waals surface area contributed by atoms with Crippen molar-refractivity contribution in [3.05, 3.63) is 107 Å². The summed E-state index contributed by atoms with van der Waals surface area (Å²) >= 11 is 0. The fourth-order valence-corrected chi connectivity index (χ4v) is 4.19. The van der Waals surface area contributed by atoms with Crippen molar-refractivity contribution in [2.45, 2.75) is 27.7 Å². The first-order valence-corrected chi connectivity index (χ1v) is 9.87. The van der Waals surface area contributed by atoms with Crippen molar-refractivity contribution in [2.24, 2.45) is 0 Å². The molecule has 0 nitrogen and oxygen atoms in total. The van der Waals surface area contributed by atoms with Crippen LogP contribution in [0.5, 0.6) is 0 Å². The van der Waals surface area contributed by atoms with E-state index in [0.717, 1.165) is 0 Å². The lowest BCUT2D eigenvalue weighted by atomic mass is 9.91. The van der Waals surface area contributed by atoms with Crippen molar-refractivity contribution in [3.63, 3.8) is 0 Å². The molecule has 0 aromatic heterocycles.